The van der Waals surface area contributed by atoms with Gasteiger partial charge in [0.25, 0.3) is 0 Å². The molecule has 0 fully saturated rings. The molecular formula is C26H21ClN2O4. The molecule has 166 valence electrons. The van der Waals surface area contributed by atoms with Crippen LogP contribution < -0.4 is 19.9 Å². The lowest BCUT2D eigenvalue weighted by atomic mass is 9.83. The van der Waals surface area contributed by atoms with Gasteiger partial charge in [0, 0.05) is 16.7 Å². The van der Waals surface area contributed by atoms with Crippen molar-refractivity contribution in [2.45, 2.75) is 19.3 Å². The zero-order valence-electron chi connectivity index (χ0n) is 17.9. The van der Waals surface area contributed by atoms with Gasteiger partial charge in [-0.25, -0.2) is 4.79 Å². The van der Waals surface area contributed by atoms with E-state index in [4.69, 9.17) is 31.5 Å². The number of ether oxygens (including phenoxy) is 3. The van der Waals surface area contributed by atoms with Crippen LogP contribution >= 0.6 is 11.6 Å². The van der Waals surface area contributed by atoms with Crippen LogP contribution in [-0.4, -0.2) is 12.6 Å². The van der Waals surface area contributed by atoms with E-state index in [0.717, 1.165) is 17.5 Å². The minimum Gasteiger partial charge on any atom is -0.482 e. The second-order valence-electron chi connectivity index (χ2n) is 7.44. The van der Waals surface area contributed by atoms with Gasteiger partial charge < -0.3 is 19.9 Å². The fraction of sp³-hybridized carbons (Fsp3) is 0.154. The maximum absolute atomic E-state index is 12.3. The number of benzene rings is 3. The lowest BCUT2D eigenvalue weighted by molar-refractivity contribution is -0.136. The van der Waals surface area contributed by atoms with Crippen LogP contribution in [0.15, 0.2) is 78.2 Å². The third kappa shape index (κ3) is 4.94. The van der Waals surface area contributed by atoms with Crippen molar-refractivity contribution in [3.05, 3.63) is 99.9 Å². The highest BCUT2D eigenvalue weighted by Crippen LogP contribution is 2.43. The third-order valence-electron chi connectivity index (χ3n) is 5.29. The predicted octanol–water partition coefficient (Wildman–Crippen LogP) is 5.10. The molecule has 1 aliphatic rings. The number of allylic oxidation sites excluding steroid dienone is 1. The van der Waals surface area contributed by atoms with E-state index in [-0.39, 0.29) is 23.8 Å². The number of nitrogens with two attached hydrogens (primary N) is 1. The highest BCUT2D eigenvalue weighted by atomic mass is 35.5. The van der Waals surface area contributed by atoms with Crippen LogP contribution in [0.25, 0.3) is 0 Å². The zero-order valence-corrected chi connectivity index (χ0v) is 18.6. The number of rotatable bonds is 6. The van der Waals surface area contributed by atoms with Gasteiger partial charge in [-0.2, -0.15) is 5.26 Å². The van der Waals surface area contributed by atoms with Gasteiger partial charge in [0.1, 0.15) is 28.9 Å². The Labute approximate surface area is 196 Å². The number of esters is 1. The Morgan fingerprint density at radius 3 is 2.58 bits per heavy atom. The second-order valence-corrected chi connectivity index (χ2v) is 7.88. The fourth-order valence-electron chi connectivity index (χ4n) is 3.65. The SMILES string of the molecule is CCc1ccc(OCC(=O)Oc2ccc3c(c2)OC(N)=C(C#N)C3c2cccc(Cl)c2)cc1. The van der Waals surface area contributed by atoms with E-state index in [0.29, 0.717) is 16.5 Å². The van der Waals surface area contributed by atoms with Crippen molar-refractivity contribution < 1.29 is 19.0 Å². The lowest BCUT2D eigenvalue weighted by Gasteiger charge is -2.26. The summed E-state index contributed by atoms with van der Waals surface area (Å²) in [5.41, 5.74) is 9.02. The molecule has 0 spiro atoms. The number of carbonyl (C=O) groups excluding carboxylic acids is 1. The molecule has 1 atom stereocenters. The molecular weight excluding hydrogens is 440 g/mol. The largest absolute Gasteiger partial charge is 0.482 e. The quantitative estimate of drug-likeness (QED) is 0.406. The molecule has 2 N–H and O–H groups in total. The Hall–Kier alpha value is -3.95. The van der Waals surface area contributed by atoms with Crippen molar-refractivity contribution in [2.75, 3.05) is 6.61 Å². The number of hydrogen-bond acceptors (Lipinski definition) is 6. The first kappa shape index (κ1) is 22.3. The molecule has 0 saturated carbocycles. The summed E-state index contributed by atoms with van der Waals surface area (Å²) in [5, 5.41) is 10.2. The summed E-state index contributed by atoms with van der Waals surface area (Å²) < 4.78 is 16.6. The highest BCUT2D eigenvalue weighted by molar-refractivity contribution is 6.30. The van der Waals surface area contributed by atoms with Gasteiger partial charge in [-0.3, -0.25) is 0 Å². The summed E-state index contributed by atoms with van der Waals surface area (Å²) >= 11 is 6.16. The third-order valence-corrected chi connectivity index (χ3v) is 5.53. The van der Waals surface area contributed by atoms with Crippen LogP contribution in [0.3, 0.4) is 0 Å². The van der Waals surface area contributed by atoms with E-state index < -0.39 is 11.9 Å². The van der Waals surface area contributed by atoms with Crippen molar-refractivity contribution in [1.82, 2.24) is 0 Å². The molecule has 1 unspecified atom stereocenters. The van der Waals surface area contributed by atoms with Crippen molar-refractivity contribution in [2.24, 2.45) is 5.73 Å². The van der Waals surface area contributed by atoms with Gasteiger partial charge in [0.2, 0.25) is 5.88 Å². The average Bonchev–Trinajstić information content (AvgIpc) is 2.82. The lowest BCUT2D eigenvalue weighted by Crippen LogP contribution is -2.21. The first-order valence-corrected chi connectivity index (χ1v) is 10.8. The Kier molecular flexibility index (Phi) is 6.53. The Morgan fingerprint density at radius 1 is 1.12 bits per heavy atom. The maximum atomic E-state index is 12.3. The first-order chi connectivity index (χ1) is 16.0. The van der Waals surface area contributed by atoms with Crippen molar-refractivity contribution in [1.29, 1.82) is 5.26 Å². The van der Waals surface area contributed by atoms with E-state index >= 15 is 0 Å². The van der Waals surface area contributed by atoms with Crippen LogP contribution in [0, 0.1) is 11.3 Å². The fourth-order valence-corrected chi connectivity index (χ4v) is 3.85. The van der Waals surface area contributed by atoms with Crippen LogP contribution in [0.1, 0.15) is 29.5 Å². The molecule has 1 aliphatic heterocycles. The monoisotopic (exact) mass is 460 g/mol. The summed E-state index contributed by atoms with van der Waals surface area (Å²) in [6, 6.07) is 21.8. The minimum atomic E-state index is -0.557. The molecule has 4 rings (SSSR count). The smallest absolute Gasteiger partial charge is 0.349 e. The van der Waals surface area contributed by atoms with Gasteiger partial charge in [-0.15, -0.1) is 0 Å². The molecule has 0 bridgehead atoms. The number of nitrogens with zero attached hydrogens (tertiary/aromatic N) is 1. The van der Waals surface area contributed by atoms with Crippen LogP contribution in [-0.2, 0) is 11.2 Å². The number of carbonyl (C=O) groups is 1. The maximum Gasteiger partial charge on any atom is 0.349 e. The number of fused-ring (bicyclic) bond motifs is 1. The van der Waals surface area contributed by atoms with E-state index in [9.17, 15) is 10.1 Å². The van der Waals surface area contributed by atoms with Crippen LogP contribution in [0.5, 0.6) is 17.2 Å². The minimum absolute atomic E-state index is 0.00249. The van der Waals surface area contributed by atoms with E-state index in [2.05, 4.69) is 13.0 Å². The van der Waals surface area contributed by atoms with Crippen molar-refractivity contribution >= 4 is 17.6 Å². The van der Waals surface area contributed by atoms with E-state index in [1.807, 2.05) is 36.4 Å². The molecule has 7 heteroatoms. The molecule has 3 aromatic carbocycles. The molecule has 1 heterocycles. The molecule has 0 saturated heterocycles. The average molecular weight is 461 g/mol. The number of aryl methyl sites for hydroxylation is 1. The Balaban J connectivity index is 1.51. The van der Waals surface area contributed by atoms with Gasteiger partial charge in [-0.1, -0.05) is 48.9 Å². The highest BCUT2D eigenvalue weighted by Gasteiger charge is 2.31. The standard InChI is InChI=1S/C26H21ClN2O4/c1-2-16-6-8-19(9-7-16)31-15-24(30)32-20-10-11-21-23(13-20)33-26(29)22(14-28)25(21)17-4-3-5-18(27)12-17/h3-13,25H,2,15,29H2,1H3. The molecule has 0 radical (unpaired) electrons. The van der Waals surface area contributed by atoms with Gasteiger partial charge >= 0.3 is 5.97 Å². The number of halogens is 1. The molecule has 0 amide bonds. The Morgan fingerprint density at radius 2 is 1.88 bits per heavy atom. The molecule has 0 aromatic heterocycles. The predicted molar refractivity (Wildman–Crippen MR) is 124 cm³/mol. The second kappa shape index (κ2) is 9.68. The van der Waals surface area contributed by atoms with E-state index in [1.165, 1.54) is 5.56 Å². The van der Waals surface area contributed by atoms with Crippen LogP contribution in [0.4, 0.5) is 0 Å². The Bertz CT molecular complexity index is 1260. The first-order valence-electron chi connectivity index (χ1n) is 10.4. The van der Waals surface area contributed by atoms with Gasteiger partial charge in [0.05, 0.1) is 5.92 Å². The summed E-state index contributed by atoms with van der Waals surface area (Å²) in [7, 11) is 0. The molecule has 33 heavy (non-hydrogen) atoms. The molecule has 0 aliphatic carbocycles. The summed E-state index contributed by atoms with van der Waals surface area (Å²) in [5.74, 6) is 0.260. The zero-order chi connectivity index (χ0) is 23.4. The normalized spacial score (nSPS) is 14.6. The van der Waals surface area contributed by atoms with Gasteiger partial charge in [-0.05, 0) is 47.9 Å². The van der Waals surface area contributed by atoms with Crippen LogP contribution in [0.2, 0.25) is 5.02 Å². The molecule has 3 aromatic rings. The van der Waals surface area contributed by atoms with Crippen molar-refractivity contribution in [3.8, 4) is 23.3 Å². The summed E-state index contributed by atoms with van der Waals surface area (Å²) in [4.78, 5) is 12.3. The summed E-state index contributed by atoms with van der Waals surface area (Å²) in [6.45, 7) is 1.83. The molecule has 6 nitrogen and oxygen atoms in total. The van der Waals surface area contributed by atoms with Crippen molar-refractivity contribution in [3.63, 3.8) is 0 Å². The number of hydrogen-bond donors (Lipinski definition) is 1. The topological polar surface area (TPSA) is 94.6 Å². The van der Waals surface area contributed by atoms with Gasteiger partial charge in [0.15, 0.2) is 6.61 Å². The number of nitriles is 1. The van der Waals surface area contributed by atoms with E-state index in [1.54, 1.807) is 30.3 Å². The summed E-state index contributed by atoms with van der Waals surface area (Å²) in [6.07, 6.45) is 0.927.